The average molecular weight is 329 g/mol. The lowest BCUT2D eigenvalue weighted by atomic mass is 9.84. The molecule has 2 saturated carbocycles. The van der Waals surface area contributed by atoms with Crippen molar-refractivity contribution < 1.29 is 4.79 Å². The number of hydrogen-bond donors (Lipinski definition) is 2. The van der Waals surface area contributed by atoms with Gasteiger partial charge in [-0.1, -0.05) is 50.7 Å². The average Bonchev–Trinajstić information content (AvgIpc) is 2.64. The van der Waals surface area contributed by atoms with Gasteiger partial charge in [0.15, 0.2) is 0 Å². The van der Waals surface area contributed by atoms with Crippen molar-refractivity contribution in [2.45, 2.75) is 70.1 Å². The maximum Gasteiger partial charge on any atom is 0.238 e. The molecule has 0 aliphatic heterocycles. The van der Waals surface area contributed by atoms with Crippen LogP contribution in [-0.4, -0.2) is 19.0 Å². The third kappa shape index (κ3) is 5.34. The van der Waals surface area contributed by atoms with Crippen LogP contribution in [0.25, 0.3) is 0 Å². The summed E-state index contributed by atoms with van der Waals surface area (Å²) in [5.74, 6) is 1.55. The number of hydrogen-bond acceptors (Lipinski definition) is 2. The third-order valence-corrected chi connectivity index (χ3v) is 5.71. The van der Waals surface area contributed by atoms with Gasteiger partial charge in [0.1, 0.15) is 0 Å². The number of carbonyl (C=O) groups excluding carboxylic acids is 1. The minimum Gasteiger partial charge on any atom is -0.325 e. The highest BCUT2D eigenvalue weighted by atomic mass is 16.1. The maximum atomic E-state index is 12.1. The lowest BCUT2D eigenvalue weighted by Gasteiger charge is -2.22. The first-order valence-electron chi connectivity index (χ1n) is 9.92. The van der Waals surface area contributed by atoms with Crippen molar-refractivity contribution in [3.05, 3.63) is 29.8 Å². The molecule has 1 amide bonds. The normalized spacial score (nSPS) is 20.0. The highest BCUT2D eigenvalue weighted by Crippen LogP contribution is 2.32. The molecule has 3 rings (SSSR count). The van der Waals surface area contributed by atoms with E-state index in [0.29, 0.717) is 6.54 Å². The fraction of sp³-hybridized carbons (Fsp3) is 0.667. The van der Waals surface area contributed by atoms with Crippen molar-refractivity contribution in [1.82, 2.24) is 5.32 Å². The summed E-state index contributed by atoms with van der Waals surface area (Å²) in [6.07, 6.45) is 13.5. The molecule has 0 bridgehead atoms. The largest absolute Gasteiger partial charge is 0.325 e. The van der Waals surface area contributed by atoms with E-state index >= 15 is 0 Å². The summed E-state index contributed by atoms with van der Waals surface area (Å²) < 4.78 is 0. The van der Waals surface area contributed by atoms with Gasteiger partial charge in [-0.05, 0) is 61.8 Å². The molecule has 3 heteroatoms. The van der Waals surface area contributed by atoms with E-state index in [2.05, 4.69) is 34.9 Å². The second-order valence-corrected chi connectivity index (χ2v) is 7.64. The monoisotopic (exact) mass is 328 g/mol. The Bertz CT molecular complexity index is 499. The van der Waals surface area contributed by atoms with Gasteiger partial charge in [-0.25, -0.2) is 0 Å². The number of carbonyl (C=O) groups is 1. The van der Waals surface area contributed by atoms with E-state index in [4.69, 9.17) is 0 Å². The van der Waals surface area contributed by atoms with E-state index in [-0.39, 0.29) is 5.91 Å². The summed E-state index contributed by atoms with van der Waals surface area (Å²) in [4.78, 5) is 12.1. The van der Waals surface area contributed by atoms with E-state index in [1.807, 2.05) is 0 Å². The van der Waals surface area contributed by atoms with Gasteiger partial charge in [0.25, 0.3) is 0 Å². The van der Waals surface area contributed by atoms with Crippen LogP contribution in [0.2, 0.25) is 0 Å². The molecule has 0 radical (unpaired) electrons. The van der Waals surface area contributed by atoms with Crippen LogP contribution in [0.5, 0.6) is 0 Å². The molecule has 24 heavy (non-hydrogen) atoms. The lowest BCUT2D eigenvalue weighted by molar-refractivity contribution is -0.115. The van der Waals surface area contributed by atoms with E-state index in [1.165, 1.54) is 69.8 Å². The second-order valence-electron chi connectivity index (χ2n) is 7.64. The van der Waals surface area contributed by atoms with Crippen molar-refractivity contribution in [2.24, 2.45) is 5.92 Å². The second kappa shape index (κ2) is 9.22. The first kappa shape index (κ1) is 17.5. The zero-order valence-electron chi connectivity index (χ0n) is 14.9. The molecule has 0 atom stereocenters. The molecule has 0 heterocycles. The standard InChI is InChI=1S/C21H32N2O/c24-21(16-22-15-17-7-3-1-4-8-17)23-20-13-11-19(12-14-20)18-9-5-2-6-10-18/h11-14,17-18,22H,1-10,15-16H2,(H,23,24). The molecule has 0 saturated heterocycles. The van der Waals surface area contributed by atoms with Gasteiger partial charge in [-0.2, -0.15) is 0 Å². The molecule has 2 aliphatic rings. The molecular formula is C21H32N2O. The Hall–Kier alpha value is -1.35. The lowest BCUT2D eigenvalue weighted by Crippen LogP contribution is -2.32. The number of amides is 1. The first-order chi connectivity index (χ1) is 11.8. The summed E-state index contributed by atoms with van der Waals surface area (Å²) in [7, 11) is 0. The number of anilines is 1. The topological polar surface area (TPSA) is 41.1 Å². The minimum absolute atomic E-state index is 0.0659. The van der Waals surface area contributed by atoms with Gasteiger partial charge in [0.2, 0.25) is 5.91 Å². The Morgan fingerprint density at radius 2 is 1.50 bits per heavy atom. The summed E-state index contributed by atoms with van der Waals surface area (Å²) >= 11 is 0. The zero-order chi connectivity index (χ0) is 16.6. The number of benzene rings is 1. The van der Waals surface area contributed by atoms with Crippen LogP contribution >= 0.6 is 0 Å². The van der Waals surface area contributed by atoms with Crippen molar-refractivity contribution in [2.75, 3.05) is 18.4 Å². The highest BCUT2D eigenvalue weighted by Gasteiger charge is 2.15. The van der Waals surface area contributed by atoms with Gasteiger partial charge in [0.05, 0.1) is 6.54 Å². The molecular weight excluding hydrogens is 296 g/mol. The highest BCUT2D eigenvalue weighted by molar-refractivity contribution is 5.92. The number of nitrogens with one attached hydrogen (secondary N) is 2. The fourth-order valence-electron chi connectivity index (χ4n) is 4.26. The van der Waals surface area contributed by atoms with E-state index in [1.54, 1.807) is 0 Å². The molecule has 0 unspecified atom stereocenters. The Morgan fingerprint density at radius 1 is 0.875 bits per heavy atom. The van der Waals surface area contributed by atoms with Crippen LogP contribution in [0.15, 0.2) is 24.3 Å². The van der Waals surface area contributed by atoms with Crippen molar-refractivity contribution in [3.63, 3.8) is 0 Å². The Kier molecular flexibility index (Phi) is 6.71. The van der Waals surface area contributed by atoms with Crippen LogP contribution in [-0.2, 0) is 4.79 Å². The van der Waals surface area contributed by atoms with E-state index in [0.717, 1.165) is 24.1 Å². The van der Waals surface area contributed by atoms with Crippen molar-refractivity contribution >= 4 is 11.6 Å². The molecule has 1 aromatic rings. The van der Waals surface area contributed by atoms with Crippen molar-refractivity contribution in [3.8, 4) is 0 Å². The summed E-state index contributed by atoms with van der Waals surface area (Å²) in [5, 5.41) is 6.33. The molecule has 2 N–H and O–H groups in total. The SMILES string of the molecule is O=C(CNCC1CCCCC1)Nc1ccc(C2CCCCC2)cc1. The van der Waals surface area contributed by atoms with Gasteiger partial charge < -0.3 is 10.6 Å². The van der Waals surface area contributed by atoms with Crippen LogP contribution in [0, 0.1) is 5.92 Å². The van der Waals surface area contributed by atoms with Crippen molar-refractivity contribution in [1.29, 1.82) is 0 Å². The Morgan fingerprint density at radius 3 is 2.17 bits per heavy atom. The third-order valence-electron chi connectivity index (χ3n) is 5.71. The Balaban J connectivity index is 1.39. The number of rotatable bonds is 6. The molecule has 1 aromatic carbocycles. The van der Waals surface area contributed by atoms with Gasteiger partial charge >= 0.3 is 0 Å². The molecule has 0 spiro atoms. The van der Waals surface area contributed by atoms with E-state index < -0.39 is 0 Å². The molecule has 2 aliphatic carbocycles. The van der Waals surface area contributed by atoms with Crippen LogP contribution in [0.4, 0.5) is 5.69 Å². The summed E-state index contributed by atoms with van der Waals surface area (Å²) in [6, 6.07) is 8.51. The van der Waals surface area contributed by atoms with Gasteiger partial charge in [-0.15, -0.1) is 0 Å². The van der Waals surface area contributed by atoms with Crippen LogP contribution in [0.3, 0.4) is 0 Å². The van der Waals surface area contributed by atoms with Gasteiger partial charge in [0, 0.05) is 5.69 Å². The predicted octanol–water partition coefficient (Wildman–Crippen LogP) is 4.84. The van der Waals surface area contributed by atoms with Gasteiger partial charge in [-0.3, -0.25) is 4.79 Å². The molecule has 3 nitrogen and oxygen atoms in total. The first-order valence-corrected chi connectivity index (χ1v) is 9.92. The predicted molar refractivity (Wildman–Crippen MR) is 100 cm³/mol. The molecule has 132 valence electrons. The Labute approximate surface area is 146 Å². The smallest absolute Gasteiger partial charge is 0.238 e. The zero-order valence-corrected chi connectivity index (χ0v) is 14.9. The minimum atomic E-state index is 0.0659. The fourth-order valence-corrected chi connectivity index (χ4v) is 4.26. The quantitative estimate of drug-likeness (QED) is 0.784. The molecule has 0 aromatic heterocycles. The molecule has 2 fully saturated rings. The summed E-state index contributed by atoms with van der Waals surface area (Å²) in [6.45, 7) is 1.40. The maximum absolute atomic E-state index is 12.1. The van der Waals surface area contributed by atoms with Crippen LogP contribution < -0.4 is 10.6 Å². The van der Waals surface area contributed by atoms with Crippen LogP contribution in [0.1, 0.15) is 75.7 Å². The van der Waals surface area contributed by atoms with E-state index in [9.17, 15) is 4.79 Å². The summed E-state index contributed by atoms with van der Waals surface area (Å²) in [5.41, 5.74) is 2.35.